The minimum absolute atomic E-state index is 0.0208. The molecule has 2 aromatic carbocycles. The minimum atomic E-state index is -0.0208. The van der Waals surface area contributed by atoms with Gasteiger partial charge in [0.05, 0.1) is 0 Å². The molecule has 0 aromatic heterocycles. The molecule has 2 aromatic rings. The van der Waals surface area contributed by atoms with Gasteiger partial charge in [0.1, 0.15) is 0 Å². The van der Waals surface area contributed by atoms with Crippen molar-refractivity contribution in [2.24, 2.45) is 0 Å². The van der Waals surface area contributed by atoms with Crippen LogP contribution in [-0.2, 0) is 0 Å². The van der Waals surface area contributed by atoms with E-state index in [1.54, 1.807) is 11.1 Å². The van der Waals surface area contributed by atoms with Crippen molar-refractivity contribution in [2.45, 2.75) is 0 Å². The molecule has 0 heterocycles. The summed E-state index contributed by atoms with van der Waals surface area (Å²) in [7, 11) is 0. The fraction of sp³-hybridized carbons (Fsp3) is 0.111. The van der Waals surface area contributed by atoms with E-state index in [9.17, 15) is 0 Å². The van der Waals surface area contributed by atoms with Gasteiger partial charge in [0.25, 0.3) is 0 Å². The van der Waals surface area contributed by atoms with Crippen molar-refractivity contribution < 1.29 is 9.47 Å². The topological polar surface area (TPSA) is 18.5 Å². The van der Waals surface area contributed by atoms with Gasteiger partial charge in [-0.1, -0.05) is 0 Å². The molecule has 0 fully saturated rings. The molecule has 0 atom stereocenters. The Kier molecular flexibility index (Phi) is 8.13. The Bertz CT molecular complexity index is 585. The molecule has 0 aliphatic heterocycles. The predicted octanol–water partition coefficient (Wildman–Crippen LogP) is 5.01. The number of para-hydroxylation sites is 2. The fourth-order valence-corrected chi connectivity index (χ4v) is 3.65. The van der Waals surface area contributed by atoms with Crippen LogP contribution in [-0.4, -0.2) is 28.2 Å². The summed E-state index contributed by atoms with van der Waals surface area (Å²) in [5.74, 6) is 1.63. The van der Waals surface area contributed by atoms with Crippen molar-refractivity contribution in [3.8, 4) is 11.5 Å². The van der Waals surface area contributed by atoms with Crippen molar-refractivity contribution >= 4 is 38.2 Å². The van der Waals surface area contributed by atoms with E-state index in [1.165, 1.54) is 0 Å². The summed E-state index contributed by atoms with van der Waals surface area (Å²) in [6.45, 7) is 0.875. The fourth-order valence-electron chi connectivity index (χ4n) is 1.68. The summed E-state index contributed by atoms with van der Waals surface area (Å²) < 4.78 is 13.4. The van der Waals surface area contributed by atoms with E-state index in [2.05, 4.69) is 0 Å². The molecule has 0 N–H and O–H groups in total. The predicted molar refractivity (Wildman–Crippen MR) is 97.5 cm³/mol. The van der Waals surface area contributed by atoms with Gasteiger partial charge in [0, 0.05) is 0 Å². The van der Waals surface area contributed by atoms with E-state index >= 15 is 0 Å². The molecule has 5 heteroatoms. The van der Waals surface area contributed by atoms with Gasteiger partial charge in [0.15, 0.2) is 0 Å². The normalized spacial score (nSPS) is 12.1. The molecule has 0 bridgehead atoms. The zero-order valence-corrected chi connectivity index (χ0v) is 15.5. The van der Waals surface area contributed by atoms with Gasteiger partial charge in [-0.2, -0.15) is 0 Å². The van der Waals surface area contributed by atoms with E-state index in [0.29, 0.717) is 13.2 Å². The van der Waals surface area contributed by atoms with Crippen LogP contribution >= 0.6 is 23.2 Å². The van der Waals surface area contributed by atoms with Gasteiger partial charge in [0.2, 0.25) is 0 Å². The number of ether oxygens (including phenoxy) is 2. The molecule has 0 amide bonds. The van der Waals surface area contributed by atoms with Gasteiger partial charge < -0.3 is 0 Å². The van der Waals surface area contributed by atoms with Gasteiger partial charge >= 0.3 is 153 Å². The van der Waals surface area contributed by atoms with Crippen LogP contribution in [0, 0.1) is 0 Å². The van der Waals surface area contributed by atoms with Gasteiger partial charge in [-0.25, -0.2) is 0 Å². The van der Waals surface area contributed by atoms with Crippen LogP contribution in [0.1, 0.15) is 0 Å². The van der Waals surface area contributed by atoms with Crippen LogP contribution in [0.5, 0.6) is 11.5 Å². The number of rotatable bonds is 8. The Hall–Kier alpha value is -1.38. The van der Waals surface area contributed by atoms with E-state index in [4.69, 9.17) is 32.7 Å². The molecule has 120 valence electrons. The average molecular weight is 414 g/mol. The van der Waals surface area contributed by atoms with Crippen molar-refractivity contribution in [1.82, 2.24) is 0 Å². The van der Waals surface area contributed by atoms with Gasteiger partial charge in [-0.3, -0.25) is 0 Å². The summed E-state index contributed by atoms with van der Waals surface area (Å²) in [6.07, 6.45) is 0. The number of benzene rings is 2. The Morgan fingerprint density at radius 3 is 1.48 bits per heavy atom. The Labute approximate surface area is 152 Å². The molecule has 0 saturated carbocycles. The second kappa shape index (κ2) is 10.4. The standard InChI is InChI=1S/C18H16Cl2O2Se/c19-11-17(13-21-15-7-3-1-4-8-15)23-18(12-20)14-22-16-9-5-2-6-10-16/h1-12H,13-14H2/b17-11+,18-12+. The van der Waals surface area contributed by atoms with Crippen LogP contribution < -0.4 is 9.47 Å². The maximum atomic E-state index is 5.91. The molecular weight excluding hydrogens is 398 g/mol. The van der Waals surface area contributed by atoms with Crippen molar-refractivity contribution in [1.29, 1.82) is 0 Å². The third-order valence-electron chi connectivity index (χ3n) is 2.75. The monoisotopic (exact) mass is 414 g/mol. The van der Waals surface area contributed by atoms with E-state index < -0.39 is 0 Å². The van der Waals surface area contributed by atoms with Crippen molar-refractivity contribution in [3.05, 3.63) is 80.7 Å². The van der Waals surface area contributed by atoms with Crippen molar-refractivity contribution in [3.63, 3.8) is 0 Å². The van der Waals surface area contributed by atoms with E-state index in [-0.39, 0.29) is 15.0 Å². The second-order valence-electron chi connectivity index (χ2n) is 4.46. The van der Waals surface area contributed by atoms with Crippen LogP contribution in [0.15, 0.2) is 80.7 Å². The first-order valence-electron chi connectivity index (χ1n) is 6.94. The molecule has 0 spiro atoms. The third-order valence-corrected chi connectivity index (χ3v) is 5.96. The average Bonchev–Trinajstić information content (AvgIpc) is 2.63. The molecule has 0 radical (unpaired) electrons. The molecule has 23 heavy (non-hydrogen) atoms. The van der Waals surface area contributed by atoms with Crippen LogP contribution in [0.25, 0.3) is 0 Å². The zero-order valence-electron chi connectivity index (χ0n) is 12.3. The Balaban J connectivity index is 1.84. The number of hydrogen-bond acceptors (Lipinski definition) is 2. The molecule has 0 saturated heterocycles. The van der Waals surface area contributed by atoms with Crippen LogP contribution in [0.3, 0.4) is 0 Å². The molecule has 0 unspecified atom stereocenters. The summed E-state index contributed by atoms with van der Waals surface area (Å²) in [5.41, 5.74) is 3.12. The van der Waals surface area contributed by atoms with Crippen molar-refractivity contribution in [2.75, 3.05) is 13.2 Å². The first-order valence-corrected chi connectivity index (χ1v) is 9.52. The first kappa shape index (κ1) is 18.0. The van der Waals surface area contributed by atoms with Gasteiger partial charge in [-0.15, -0.1) is 0 Å². The second-order valence-corrected chi connectivity index (χ2v) is 7.52. The maximum absolute atomic E-state index is 5.91. The molecule has 0 aliphatic rings. The number of halogens is 2. The van der Waals surface area contributed by atoms with E-state index in [0.717, 1.165) is 20.4 Å². The molecule has 2 nitrogen and oxygen atoms in total. The summed E-state index contributed by atoms with van der Waals surface area (Å²) >= 11 is 11.8. The summed E-state index contributed by atoms with van der Waals surface area (Å²) in [6, 6.07) is 19.3. The molecular formula is C18H16Cl2O2Se. The Morgan fingerprint density at radius 1 is 0.739 bits per heavy atom. The first-order chi connectivity index (χ1) is 11.3. The van der Waals surface area contributed by atoms with Crippen LogP contribution in [0.4, 0.5) is 0 Å². The molecule has 0 aliphatic carbocycles. The molecule has 2 rings (SSSR count). The quantitative estimate of drug-likeness (QED) is 0.566. The Morgan fingerprint density at radius 2 is 1.13 bits per heavy atom. The summed E-state index contributed by atoms with van der Waals surface area (Å²) in [5, 5.41) is 0. The third kappa shape index (κ3) is 6.72. The van der Waals surface area contributed by atoms with Gasteiger partial charge in [-0.05, 0) is 0 Å². The number of hydrogen-bond donors (Lipinski definition) is 0. The SMILES string of the molecule is Cl/C=C(\COc1ccccc1)[Se]/C(=C/Cl)COc1ccccc1. The van der Waals surface area contributed by atoms with Crippen LogP contribution in [0.2, 0.25) is 0 Å². The summed E-state index contributed by atoms with van der Waals surface area (Å²) in [4.78, 5) is 0. The van der Waals surface area contributed by atoms with E-state index in [1.807, 2.05) is 60.7 Å². The zero-order chi connectivity index (χ0) is 16.3.